The monoisotopic (exact) mass is 277 g/mol. The SMILES string of the molecule is Cc1ccc(-c2ccc(=O)n(Cc3cccnc3)n2)cc1. The molecule has 0 unspecified atom stereocenters. The molecule has 0 saturated heterocycles. The largest absolute Gasteiger partial charge is 0.268 e. The van der Waals surface area contributed by atoms with Gasteiger partial charge in [0, 0.05) is 24.0 Å². The summed E-state index contributed by atoms with van der Waals surface area (Å²) in [5.74, 6) is 0. The third kappa shape index (κ3) is 3.05. The maximum atomic E-state index is 11.9. The van der Waals surface area contributed by atoms with Gasteiger partial charge in [-0.1, -0.05) is 35.9 Å². The third-order valence-corrected chi connectivity index (χ3v) is 3.27. The Hall–Kier alpha value is -2.75. The Labute approximate surface area is 122 Å². The van der Waals surface area contributed by atoms with E-state index in [1.165, 1.54) is 10.2 Å². The van der Waals surface area contributed by atoms with E-state index in [1.54, 1.807) is 24.5 Å². The van der Waals surface area contributed by atoms with Crippen LogP contribution in [-0.4, -0.2) is 14.8 Å². The van der Waals surface area contributed by atoms with Gasteiger partial charge in [0.1, 0.15) is 0 Å². The highest BCUT2D eigenvalue weighted by Gasteiger charge is 2.04. The number of benzene rings is 1. The van der Waals surface area contributed by atoms with Crippen LogP contribution in [0.5, 0.6) is 0 Å². The molecule has 0 aliphatic carbocycles. The molecule has 3 aromatic rings. The Kier molecular flexibility index (Phi) is 3.60. The lowest BCUT2D eigenvalue weighted by molar-refractivity contribution is 0.641. The van der Waals surface area contributed by atoms with E-state index in [0.717, 1.165) is 16.8 Å². The van der Waals surface area contributed by atoms with Gasteiger partial charge >= 0.3 is 0 Å². The summed E-state index contributed by atoms with van der Waals surface area (Å²) in [6, 6.07) is 15.2. The van der Waals surface area contributed by atoms with Crippen molar-refractivity contribution in [3.05, 3.63) is 82.4 Å². The maximum absolute atomic E-state index is 11.9. The highest BCUT2D eigenvalue weighted by atomic mass is 16.1. The molecular formula is C17H15N3O. The lowest BCUT2D eigenvalue weighted by Gasteiger charge is -2.07. The zero-order valence-corrected chi connectivity index (χ0v) is 11.7. The van der Waals surface area contributed by atoms with Crippen LogP contribution in [0, 0.1) is 6.92 Å². The minimum atomic E-state index is -0.116. The molecule has 0 aliphatic heterocycles. The number of hydrogen-bond donors (Lipinski definition) is 0. The van der Waals surface area contributed by atoms with E-state index in [1.807, 2.05) is 43.3 Å². The standard InChI is InChI=1S/C17H15N3O/c1-13-4-6-15(7-5-13)16-8-9-17(21)20(19-16)12-14-3-2-10-18-11-14/h2-11H,12H2,1H3. The van der Waals surface area contributed by atoms with Crippen LogP contribution < -0.4 is 5.56 Å². The summed E-state index contributed by atoms with van der Waals surface area (Å²) in [6.45, 7) is 2.47. The highest BCUT2D eigenvalue weighted by Crippen LogP contribution is 2.15. The first-order chi connectivity index (χ1) is 10.2. The number of hydrogen-bond acceptors (Lipinski definition) is 3. The number of pyridine rings is 1. The number of aromatic nitrogens is 3. The first-order valence-electron chi connectivity index (χ1n) is 6.76. The van der Waals surface area contributed by atoms with Gasteiger partial charge in [-0.2, -0.15) is 5.10 Å². The molecule has 0 atom stereocenters. The van der Waals surface area contributed by atoms with Crippen molar-refractivity contribution >= 4 is 0 Å². The van der Waals surface area contributed by atoms with Crippen molar-refractivity contribution in [3.8, 4) is 11.3 Å². The van der Waals surface area contributed by atoms with Gasteiger partial charge in [0.25, 0.3) is 5.56 Å². The molecule has 0 fully saturated rings. The van der Waals surface area contributed by atoms with Gasteiger partial charge in [-0.25, -0.2) is 4.68 Å². The van der Waals surface area contributed by atoms with Gasteiger partial charge in [-0.05, 0) is 24.6 Å². The molecule has 4 heteroatoms. The van der Waals surface area contributed by atoms with Crippen molar-refractivity contribution in [1.82, 2.24) is 14.8 Å². The maximum Gasteiger partial charge on any atom is 0.267 e. The Morgan fingerprint density at radius 2 is 1.86 bits per heavy atom. The van der Waals surface area contributed by atoms with Crippen molar-refractivity contribution in [1.29, 1.82) is 0 Å². The van der Waals surface area contributed by atoms with E-state index in [-0.39, 0.29) is 5.56 Å². The van der Waals surface area contributed by atoms with Crippen LogP contribution in [0.15, 0.2) is 65.7 Å². The van der Waals surface area contributed by atoms with Crippen LogP contribution in [0.1, 0.15) is 11.1 Å². The van der Waals surface area contributed by atoms with Crippen LogP contribution in [-0.2, 0) is 6.54 Å². The summed E-state index contributed by atoms with van der Waals surface area (Å²) in [5, 5.41) is 4.44. The Morgan fingerprint density at radius 1 is 1.05 bits per heavy atom. The predicted molar refractivity (Wildman–Crippen MR) is 82.0 cm³/mol. The summed E-state index contributed by atoms with van der Waals surface area (Å²) in [4.78, 5) is 16.0. The summed E-state index contributed by atoms with van der Waals surface area (Å²) < 4.78 is 1.46. The van der Waals surface area contributed by atoms with Crippen molar-refractivity contribution in [3.63, 3.8) is 0 Å². The van der Waals surface area contributed by atoms with E-state index < -0.39 is 0 Å². The zero-order chi connectivity index (χ0) is 14.7. The van der Waals surface area contributed by atoms with Crippen LogP contribution in [0.3, 0.4) is 0 Å². The van der Waals surface area contributed by atoms with E-state index >= 15 is 0 Å². The Balaban J connectivity index is 1.96. The normalized spacial score (nSPS) is 10.5. The molecule has 0 radical (unpaired) electrons. The van der Waals surface area contributed by atoms with Crippen molar-refractivity contribution in [2.75, 3.05) is 0 Å². The van der Waals surface area contributed by atoms with E-state index in [4.69, 9.17) is 0 Å². The first kappa shape index (κ1) is 13.2. The van der Waals surface area contributed by atoms with Gasteiger partial charge in [0.2, 0.25) is 0 Å². The quantitative estimate of drug-likeness (QED) is 0.739. The molecule has 2 aromatic heterocycles. The highest BCUT2D eigenvalue weighted by molar-refractivity contribution is 5.58. The zero-order valence-electron chi connectivity index (χ0n) is 11.7. The fraction of sp³-hybridized carbons (Fsp3) is 0.118. The van der Waals surface area contributed by atoms with Crippen molar-refractivity contribution < 1.29 is 0 Å². The minimum Gasteiger partial charge on any atom is -0.268 e. The molecule has 21 heavy (non-hydrogen) atoms. The number of aryl methyl sites for hydroxylation is 1. The molecule has 0 amide bonds. The molecule has 0 saturated carbocycles. The lowest BCUT2D eigenvalue weighted by Crippen LogP contribution is -2.22. The molecule has 4 nitrogen and oxygen atoms in total. The van der Waals surface area contributed by atoms with Gasteiger partial charge in [-0.15, -0.1) is 0 Å². The molecule has 0 N–H and O–H groups in total. The lowest BCUT2D eigenvalue weighted by atomic mass is 10.1. The van der Waals surface area contributed by atoms with E-state index in [0.29, 0.717) is 6.54 Å². The van der Waals surface area contributed by atoms with Crippen LogP contribution in [0.25, 0.3) is 11.3 Å². The Morgan fingerprint density at radius 3 is 2.57 bits per heavy atom. The first-order valence-corrected chi connectivity index (χ1v) is 6.76. The van der Waals surface area contributed by atoms with Gasteiger partial charge in [0.15, 0.2) is 0 Å². The van der Waals surface area contributed by atoms with Crippen molar-refractivity contribution in [2.45, 2.75) is 13.5 Å². The number of rotatable bonds is 3. The van der Waals surface area contributed by atoms with E-state index in [2.05, 4.69) is 10.1 Å². The van der Waals surface area contributed by atoms with Crippen molar-refractivity contribution in [2.24, 2.45) is 0 Å². The topological polar surface area (TPSA) is 47.8 Å². The molecule has 2 heterocycles. The molecule has 3 rings (SSSR count). The summed E-state index contributed by atoms with van der Waals surface area (Å²) in [6.07, 6.45) is 3.45. The van der Waals surface area contributed by atoms with E-state index in [9.17, 15) is 4.79 Å². The second-order valence-electron chi connectivity index (χ2n) is 4.94. The van der Waals surface area contributed by atoms with Crippen LogP contribution in [0.2, 0.25) is 0 Å². The third-order valence-electron chi connectivity index (χ3n) is 3.27. The summed E-state index contributed by atoms with van der Waals surface area (Å²) in [5.41, 5.74) is 3.82. The second kappa shape index (κ2) is 5.71. The smallest absolute Gasteiger partial charge is 0.267 e. The molecule has 1 aromatic carbocycles. The average molecular weight is 277 g/mol. The fourth-order valence-corrected chi connectivity index (χ4v) is 2.11. The predicted octanol–water partition coefficient (Wildman–Crippen LogP) is 2.66. The second-order valence-corrected chi connectivity index (χ2v) is 4.94. The molecule has 0 bridgehead atoms. The summed E-state index contributed by atoms with van der Waals surface area (Å²) in [7, 11) is 0. The Bertz CT molecular complexity index is 792. The van der Waals surface area contributed by atoms with Crippen LogP contribution in [0.4, 0.5) is 0 Å². The summed E-state index contributed by atoms with van der Waals surface area (Å²) >= 11 is 0. The minimum absolute atomic E-state index is 0.116. The average Bonchev–Trinajstić information content (AvgIpc) is 2.51. The van der Waals surface area contributed by atoms with Gasteiger partial charge in [0.05, 0.1) is 12.2 Å². The van der Waals surface area contributed by atoms with Crippen LogP contribution >= 0.6 is 0 Å². The fourth-order valence-electron chi connectivity index (χ4n) is 2.11. The van der Waals surface area contributed by atoms with Gasteiger partial charge in [-0.3, -0.25) is 9.78 Å². The molecular weight excluding hydrogens is 262 g/mol. The van der Waals surface area contributed by atoms with Gasteiger partial charge < -0.3 is 0 Å². The number of nitrogens with zero attached hydrogens (tertiary/aromatic N) is 3. The molecule has 104 valence electrons. The molecule has 0 spiro atoms. The molecule has 0 aliphatic rings.